The van der Waals surface area contributed by atoms with Crippen LogP contribution in [0.25, 0.3) is 0 Å². The Hall–Kier alpha value is -1.34. The summed E-state index contributed by atoms with van der Waals surface area (Å²) in [5, 5.41) is 18.1. The van der Waals surface area contributed by atoms with Gasteiger partial charge in [-0.3, -0.25) is 0 Å². The van der Waals surface area contributed by atoms with Crippen LogP contribution in [0.4, 0.5) is 4.79 Å². The van der Waals surface area contributed by atoms with Gasteiger partial charge in [0.15, 0.2) is 0 Å². The van der Waals surface area contributed by atoms with Gasteiger partial charge in [0, 0.05) is 6.20 Å². The molecule has 0 bridgehead atoms. The van der Waals surface area contributed by atoms with Crippen LogP contribution < -0.4 is 5.59 Å². The predicted molar refractivity (Wildman–Crippen MR) is 58.4 cm³/mol. The average Bonchev–Trinajstić information content (AvgIpc) is 2.43. The second kappa shape index (κ2) is 4.27. The van der Waals surface area contributed by atoms with Gasteiger partial charge in [-0.2, -0.15) is 0 Å². The molecule has 0 aliphatic rings. The summed E-state index contributed by atoms with van der Waals surface area (Å²) in [6, 6.07) is 0. The van der Waals surface area contributed by atoms with Gasteiger partial charge in [-0.15, -0.1) is 0 Å². The second-order valence-corrected chi connectivity index (χ2v) is 4.42. The van der Waals surface area contributed by atoms with Gasteiger partial charge in [0.05, 0.1) is 5.59 Å². The van der Waals surface area contributed by atoms with Crippen LogP contribution in [-0.2, 0) is 4.74 Å². The summed E-state index contributed by atoms with van der Waals surface area (Å²) >= 11 is 0. The first-order chi connectivity index (χ1) is 7.22. The number of nitrogens with zero attached hydrogens (tertiary/aromatic N) is 2. The summed E-state index contributed by atoms with van der Waals surface area (Å²) < 4.78 is 6.15. The van der Waals surface area contributed by atoms with Crippen molar-refractivity contribution in [2.75, 3.05) is 0 Å². The van der Waals surface area contributed by atoms with E-state index in [1.807, 2.05) is 0 Å². The third kappa shape index (κ3) is 2.83. The quantitative estimate of drug-likeness (QED) is 0.639. The van der Waals surface area contributed by atoms with Crippen LogP contribution >= 0.6 is 0 Å². The molecule has 0 aromatic carbocycles. The van der Waals surface area contributed by atoms with E-state index in [4.69, 9.17) is 14.8 Å². The molecule has 88 valence electrons. The summed E-state index contributed by atoms with van der Waals surface area (Å²) in [6.45, 7) is 6.76. The maximum absolute atomic E-state index is 11.7. The van der Waals surface area contributed by atoms with Crippen molar-refractivity contribution in [2.24, 2.45) is 0 Å². The molecule has 0 atom stereocenters. The Bertz CT molecular complexity index is 395. The van der Waals surface area contributed by atoms with Crippen LogP contribution in [0.15, 0.2) is 6.20 Å². The van der Waals surface area contributed by atoms with Crippen molar-refractivity contribution in [3.05, 3.63) is 12.0 Å². The minimum absolute atomic E-state index is 0.00764. The van der Waals surface area contributed by atoms with E-state index in [1.54, 1.807) is 27.7 Å². The van der Waals surface area contributed by atoms with Crippen molar-refractivity contribution in [3.8, 4) is 0 Å². The number of hydrogen-bond donors (Lipinski definition) is 2. The van der Waals surface area contributed by atoms with E-state index >= 15 is 0 Å². The number of aryl methyl sites for hydroxylation is 1. The Morgan fingerprint density at radius 1 is 1.50 bits per heavy atom. The molecule has 16 heavy (non-hydrogen) atoms. The van der Waals surface area contributed by atoms with E-state index in [9.17, 15) is 4.79 Å². The number of carbonyl (C=O) groups excluding carboxylic acids is 1. The Balaban J connectivity index is 3.03. The molecular formula is C9H15BN2O4. The SMILES string of the molecule is Cc1ncc(B(O)O)n1C(=O)OC(C)(C)C. The van der Waals surface area contributed by atoms with E-state index in [0.717, 1.165) is 4.57 Å². The molecule has 0 aliphatic carbocycles. The molecule has 1 aromatic rings. The lowest BCUT2D eigenvalue weighted by molar-refractivity contribution is 0.0537. The minimum atomic E-state index is -1.76. The number of hydrogen-bond acceptors (Lipinski definition) is 5. The van der Waals surface area contributed by atoms with Gasteiger partial charge in [-0.1, -0.05) is 0 Å². The third-order valence-electron chi connectivity index (χ3n) is 1.81. The molecule has 0 saturated heterocycles. The van der Waals surface area contributed by atoms with Crippen LogP contribution in [0.1, 0.15) is 26.6 Å². The minimum Gasteiger partial charge on any atom is -0.443 e. The molecule has 1 rings (SSSR count). The van der Waals surface area contributed by atoms with Crippen LogP contribution in [-0.4, -0.2) is 38.4 Å². The van der Waals surface area contributed by atoms with Gasteiger partial charge in [0.2, 0.25) is 0 Å². The molecule has 0 amide bonds. The summed E-state index contributed by atoms with van der Waals surface area (Å²) in [5.41, 5.74) is -0.655. The molecule has 0 spiro atoms. The van der Waals surface area contributed by atoms with E-state index in [-0.39, 0.29) is 5.59 Å². The highest BCUT2D eigenvalue weighted by Gasteiger charge is 2.26. The lowest BCUT2D eigenvalue weighted by atomic mass is 9.87. The molecule has 0 fully saturated rings. The fourth-order valence-electron chi connectivity index (χ4n) is 1.19. The summed E-state index contributed by atoms with van der Waals surface area (Å²) in [7, 11) is -1.76. The summed E-state index contributed by atoms with van der Waals surface area (Å²) in [4.78, 5) is 15.6. The van der Waals surface area contributed by atoms with E-state index in [2.05, 4.69) is 4.98 Å². The van der Waals surface area contributed by atoms with Crippen LogP contribution in [0.3, 0.4) is 0 Å². The Labute approximate surface area is 94.0 Å². The Kier molecular flexibility index (Phi) is 3.40. The van der Waals surface area contributed by atoms with Crippen molar-refractivity contribution < 1.29 is 19.6 Å². The zero-order valence-electron chi connectivity index (χ0n) is 9.76. The summed E-state index contributed by atoms with van der Waals surface area (Å²) in [5.74, 6) is 0.345. The monoisotopic (exact) mass is 226 g/mol. The van der Waals surface area contributed by atoms with E-state index in [1.165, 1.54) is 6.20 Å². The lowest BCUT2D eigenvalue weighted by Crippen LogP contribution is -2.41. The maximum Gasteiger partial charge on any atom is 0.508 e. The molecular weight excluding hydrogens is 211 g/mol. The molecule has 1 heterocycles. The number of aromatic nitrogens is 2. The van der Waals surface area contributed by atoms with Crippen molar-refractivity contribution in [2.45, 2.75) is 33.3 Å². The number of ether oxygens (including phenoxy) is 1. The average molecular weight is 226 g/mol. The molecule has 0 radical (unpaired) electrons. The molecule has 1 aromatic heterocycles. The predicted octanol–water partition coefficient (Wildman–Crippen LogP) is -0.345. The maximum atomic E-state index is 11.7. The fraction of sp³-hybridized carbons (Fsp3) is 0.556. The highest BCUT2D eigenvalue weighted by molar-refractivity contribution is 6.58. The van der Waals surface area contributed by atoms with Crippen molar-refractivity contribution in [3.63, 3.8) is 0 Å². The zero-order chi connectivity index (χ0) is 12.5. The largest absolute Gasteiger partial charge is 0.508 e. The normalized spacial score (nSPS) is 11.4. The number of carbonyl (C=O) groups is 1. The highest BCUT2D eigenvalue weighted by atomic mass is 16.6. The van der Waals surface area contributed by atoms with Crippen LogP contribution in [0.5, 0.6) is 0 Å². The fourth-order valence-corrected chi connectivity index (χ4v) is 1.19. The second-order valence-electron chi connectivity index (χ2n) is 4.42. The Morgan fingerprint density at radius 3 is 2.50 bits per heavy atom. The summed E-state index contributed by atoms with van der Waals surface area (Å²) in [6.07, 6.45) is 0.551. The highest BCUT2D eigenvalue weighted by Crippen LogP contribution is 2.09. The van der Waals surface area contributed by atoms with Crippen molar-refractivity contribution in [1.29, 1.82) is 0 Å². The van der Waals surface area contributed by atoms with Crippen LogP contribution in [0, 0.1) is 6.92 Å². The van der Waals surface area contributed by atoms with Crippen molar-refractivity contribution >= 4 is 18.8 Å². The molecule has 0 unspecified atom stereocenters. The van der Waals surface area contributed by atoms with Crippen molar-refractivity contribution in [1.82, 2.24) is 9.55 Å². The molecule has 7 heteroatoms. The molecule has 6 nitrogen and oxygen atoms in total. The van der Waals surface area contributed by atoms with Gasteiger partial charge in [0.1, 0.15) is 11.4 Å². The lowest BCUT2D eigenvalue weighted by Gasteiger charge is -2.20. The standard InChI is InChI=1S/C9H15BN2O4/c1-6-11-5-7(10(14)15)12(6)8(13)16-9(2,3)4/h5,14-15H,1-4H3. The first-order valence-corrected chi connectivity index (χ1v) is 4.86. The van der Waals surface area contributed by atoms with Gasteiger partial charge >= 0.3 is 13.2 Å². The molecule has 0 aliphatic heterocycles. The molecule has 0 saturated carbocycles. The zero-order valence-corrected chi connectivity index (χ0v) is 9.76. The third-order valence-corrected chi connectivity index (χ3v) is 1.81. The first-order valence-electron chi connectivity index (χ1n) is 4.86. The van der Waals surface area contributed by atoms with Gasteiger partial charge in [-0.25, -0.2) is 14.3 Å². The smallest absolute Gasteiger partial charge is 0.443 e. The van der Waals surface area contributed by atoms with Gasteiger partial charge in [0.25, 0.3) is 0 Å². The van der Waals surface area contributed by atoms with Gasteiger partial charge < -0.3 is 14.8 Å². The van der Waals surface area contributed by atoms with Crippen LogP contribution in [0.2, 0.25) is 0 Å². The number of imidazole rings is 1. The van der Waals surface area contributed by atoms with E-state index in [0.29, 0.717) is 5.82 Å². The first kappa shape index (κ1) is 12.7. The Morgan fingerprint density at radius 2 is 2.06 bits per heavy atom. The van der Waals surface area contributed by atoms with Gasteiger partial charge in [-0.05, 0) is 27.7 Å². The van der Waals surface area contributed by atoms with E-state index < -0.39 is 18.8 Å². The molecule has 2 N–H and O–H groups in total. The topological polar surface area (TPSA) is 84.6 Å². The number of rotatable bonds is 1.